The summed E-state index contributed by atoms with van der Waals surface area (Å²) in [6.45, 7) is 5.29. The normalized spacial score (nSPS) is 23.7. The molecule has 4 rings (SSSR count). The predicted octanol–water partition coefficient (Wildman–Crippen LogP) is 4.50. The van der Waals surface area contributed by atoms with Crippen LogP contribution in [-0.2, 0) is 22.4 Å². The number of carbonyl (C=O) groups excluding carboxylic acids is 2. The molecule has 4 heterocycles. The van der Waals surface area contributed by atoms with E-state index < -0.39 is 8.80 Å². The first kappa shape index (κ1) is 23.4. The number of ketones is 1. The van der Waals surface area contributed by atoms with Crippen molar-refractivity contribution < 1.29 is 18.7 Å². The number of halogens is 1. The lowest BCUT2D eigenvalue weighted by Gasteiger charge is -2.31. The van der Waals surface area contributed by atoms with Crippen molar-refractivity contribution in [1.29, 1.82) is 0 Å². The van der Waals surface area contributed by atoms with Gasteiger partial charge >= 0.3 is 0 Å². The van der Waals surface area contributed by atoms with E-state index in [-0.39, 0.29) is 17.6 Å². The number of pyridine rings is 1. The highest BCUT2D eigenvalue weighted by molar-refractivity contribution is 14.1. The molecule has 2 unspecified atom stereocenters. The molecule has 170 valence electrons. The van der Waals surface area contributed by atoms with Gasteiger partial charge in [-0.2, -0.15) is 0 Å². The zero-order valence-corrected chi connectivity index (χ0v) is 21.1. The number of alkyl halides is 1. The number of aliphatic imine (C=N–C) groups is 1. The number of rotatable bonds is 6. The van der Waals surface area contributed by atoms with Crippen LogP contribution in [0.15, 0.2) is 40.3 Å². The Bertz CT molecular complexity index is 1020. The second-order valence-electron chi connectivity index (χ2n) is 7.88. The van der Waals surface area contributed by atoms with Gasteiger partial charge in [0.25, 0.3) is 5.91 Å². The summed E-state index contributed by atoms with van der Waals surface area (Å²) in [5.74, 6) is -0.218. The van der Waals surface area contributed by atoms with Gasteiger partial charge in [-0.1, -0.05) is 48.2 Å². The molecule has 0 saturated carbocycles. The molecule has 0 radical (unpaired) electrons. The number of aromatic nitrogens is 1. The molecule has 2 atom stereocenters. The maximum atomic E-state index is 13.6. The van der Waals surface area contributed by atoms with Gasteiger partial charge in [-0.05, 0) is 43.4 Å². The summed E-state index contributed by atoms with van der Waals surface area (Å²) in [7, 11) is 0. The maximum absolute atomic E-state index is 13.6. The van der Waals surface area contributed by atoms with Crippen molar-refractivity contribution in [2.45, 2.75) is 48.3 Å². The van der Waals surface area contributed by atoms with Crippen molar-refractivity contribution in [3.8, 4) is 0 Å². The van der Waals surface area contributed by atoms with Gasteiger partial charge in [0.1, 0.15) is 6.04 Å². The van der Waals surface area contributed by atoms with Gasteiger partial charge < -0.3 is 14.5 Å². The quantitative estimate of drug-likeness (QED) is 0.408. The van der Waals surface area contributed by atoms with Crippen LogP contribution in [0, 0.1) is 5.92 Å². The Morgan fingerprint density at radius 1 is 1.28 bits per heavy atom. The number of hydrogen-bond donors (Lipinski definition) is 1. The fourth-order valence-corrected chi connectivity index (χ4v) is 6.80. The molecule has 0 aliphatic carbocycles. The number of amidine groups is 1. The molecule has 2 aromatic heterocycles. The number of carbonyl (C=O) groups is 2. The van der Waals surface area contributed by atoms with Crippen LogP contribution in [0.4, 0.5) is 0 Å². The summed E-state index contributed by atoms with van der Waals surface area (Å²) in [6, 6.07) is 3.27. The van der Waals surface area contributed by atoms with Crippen molar-refractivity contribution in [1.82, 2.24) is 10.3 Å². The third kappa shape index (κ3) is 4.65. The second kappa shape index (κ2) is 10.0. The lowest BCUT2D eigenvalue weighted by molar-refractivity contribution is -0.125. The molecular weight excluding hydrogens is 541 g/mol. The van der Waals surface area contributed by atoms with Crippen LogP contribution in [0.1, 0.15) is 59.9 Å². The molecule has 2 aromatic rings. The molecule has 2 aliphatic heterocycles. The number of furan rings is 1. The SMILES string of the molecule is CCc1cc(C(=O)NC2=NC(c3ccoc3)C(I)(C(=O)C3CCOCC3)S2)cnc1CC. The van der Waals surface area contributed by atoms with Gasteiger partial charge in [-0.15, -0.1) is 0 Å². The number of amides is 1. The van der Waals surface area contributed by atoms with Gasteiger partial charge in [0, 0.05) is 36.6 Å². The molecule has 1 amide bonds. The van der Waals surface area contributed by atoms with E-state index >= 15 is 0 Å². The lowest BCUT2D eigenvalue weighted by Crippen LogP contribution is -2.40. The molecular formula is C23H26IN3O4S. The number of ether oxygens (including phenoxy) is 1. The summed E-state index contributed by atoms with van der Waals surface area (Å²) in [5, 5.41) is 3.35. The highest BCUT2D eigenvalue weighted by Gasteiger charge is 2.53. The van der Waals surface area contributed by atoms with Crippen LogP contribution in [-0.4, -0.2) is 37.8 Å². The average Bonchev–Trinajstić information content (AvgIpc) is 3.46. The Hall–Kier alpha value is -1.72. The van der Waals surface area contributed by atoms with E-state index in [4.69, 9.17) is 14.1 Å². The molecule has 32 heavy (non-hydrogen) atoms. The van der Waals surface area contributed by atoms with Crippen molar-refractivity contribution in [3.63, 3.8) is 0 Å². The van der Waals surface area contributed by atoms with Crippen molar-refractivity contribution >= 4 is 51.2 Å². The Morgan fingerprint density at radius 2 is 2.06 bits per heavy atom. The van der Waals surface area contributed by atoms with Crippen molar-refractivity contribution in [2.75, 3.05) is 13.2 Å². The Labute approximate surface area is 205 Å². The van der Waals surface area contributed by atoms with Gasteiger partial charge in [0.15, 0.2) is 13.7 Å². The molecule has 1 N–H and O–H groups in total. The van der Waals surface area contributed by atoms with Crippen LogP contribution in [0.5, 0.6) is 0 Å². The van der Waals surface area contributed by atoms with Crippen LogP contribution < -0.4 is 5.32 Å². The Morgan fingerprint density at radius 3 is 2.72 bits per heavy atom. The van der Waals surface area contributed by atoms with E-state index in [1.165, 1.54) is 11.8 Å². The minimum Gasteiger partial charge on any atom is -0.472 e. The van der Waals surface area contributed by atoms with Gasteiger partial charge in [-0.3, -0.25) is 19.6 Å². The standard InChI is InChI=1S/C23H26IN3O4S/c1-3-14-11-17(12-25-18(14)4-2)21(29)27-22-26-19(16-7-10-31-13-16)23(24,32-22)20(28)15-5-8-30-9-6-15/h7,10-13,15,19H,3-6,8-9H2,1-2H3,(H,26,27,29). The summed E-state index contributed by atoms with van der Waals surface area (Å²) in [4.78, 5) is 35.7. The minimum absolute atomic E-state index is 0.0781. The monoisotopic (exact) mass is 567 g/mol. The first-order chi connectivity index (χ1) is 15.5. The molecule has 0 bridgehead atoms. The van der Waals surface area contributed by atoms with E-state index in [9.17, 15) is 9.59 Å². The number of Topliss-reactive ketones (excluding diaryl/α,β-unsaturated/α-hetero) is 1. The third-order valence-electron chi connectivity index (χ3n) is 5.89. The summed E-state index contributed by atoms with van der Waals surface area (Å²) in [6.07, 6.45) is 7.85. The minimum atomic E-state index is -0.856. The highest BCUT2D eigenvalue weighted by atomic mass is 127. The van der Waals surface area contributed by atoms with E-state index in [0.717, 1.165) is 29.7 Å². The van der Waals surface area contributed by atoms with Gasteiger partial charge in [0.2, 0.25) is 0 Å². The molecule has 2 aliphatic rings. The maximum Gasteiger partial charge on any atom is 0.258 e. The first-order valence-corrected chi connectivity index (χ1v) is 12.7. The topological polar surface area (TPSA) is 93.8 Å². The third-order valence-corrected chi connectivity index (χ3v) is 8.79. The van der Waals surface area contributed by atoms with Crippen LogP contribution in [0.3, 0.4) is 0 Å². The Balaban J connectivity index is 1.57. The molecule has 0 spiro atoms. The van der Waals surface area contributed by atoms with E-state index in [1.807, 2.05) is 12.1 Å². The smallest absolute Gasteiger partial charge is 0.258 e. The lowest BCUT2D eigenvalue weighted by atomic mass is 9.90. The molecule has 7 nitrogen and oxygen atoms in total. The molecule has 1 saturated heterocycles. The van der Waals surface area contributed by atoms with Crippen molar-refractivity contribution in [2.24, 2.45) is 10.9 Å². The summed E-state index contributed by atoms with van der Waals surface area (Å²) in [5.41, 5.74) is 3.38. The fourth-order valence-electron chi connectivity index (χ4n) is 4.08. The van der Waals surface area contributed by atoms with Crippen LogP contribution in [0.2, 0.25) is 0 Å². The molecule has 0 aromatic carbocycles. The Kier molecular flexibility index (Phi) is 7.36. The molecule has 1 fully saturated rings. The molecule has 9 heteroatoms. The zero-order valence-electron chi connectivity index (χ0n) is 18.1. The number of thioether (sulfide) groups is 1. The zero-order chi connectivity index (χ0) is 22.7. The van der Waals surface area contributed by atoms with Crippen LogP contribution in [0.25, 0.3) is 0 Å². The summed E-state index contributed by atoms with van der Waals surface area (Å²) >= 11 is 3.52. The predicted molar refractivity (Wildman–Crippen MR) is 132 cm³/mol. The second-order valence-corrected chi connectivity index (χ2v) is 11.6. The fraction of sp³-hybridized carbons (Fsp3) is 0.478. The van der Waals surface area contributed by atoms with E-state index in [2.05, 4.69) is 46.7 Å². The number of hydrogen-bond acceptors (Lipinski definition) is 7. The van der Waals surface area contributed by atoms with E-state index in [0.29, 0.717) is 36.8 Å². The first-order valence-electron chi connectivity index (χ1n) is 10.8. The van der Waals surface area contributed by atoms with Gasteiger partial charge in [-0.25, -0.2) is 0 Å². The number of aryl methyl sites for hydroxylation is 2. The van der Waals surface area contributed by atoms with Gasteiger partial charge in [0.05, 0.1) is 18.1 Å². The number of nitrogens with one attached hydrogen (secondary N) is 1. The number of nitrogens with zero attached hydrogens (tertiary/aromatic N) is 2. The highest BCUT2D eigenvalue weighted by Crippen LogP contribution is 2.53. The summed E-state index contributed by atoms with van der Waals surface area (Å²) < 4.78 is 9.85. The van der Waals surface area contributed by atoms with Crippen LogP contribution >= 0.6 is 34.4 Å². The average molecular weight is 567 g/mol. The van der Waals surface area contributed by atoms with E-state index in [1.54, 1.807) is 18.7 Å². The van der Waals surface area contributed by atoms with Crippen molar-refractivity contribution in [3.05, 3.63) is 53.2 Å². The largest absolute Gasteiger partial charge is 0.472 e.